The van der Waals surface area contributed by atoms with E-state index in [0.29, 0.717) is 5.78 Å². The minimum absolute atomic E-state index is 0. The Kier molecular flexibility index (Phi) is 4.61. The topological polar surface area (TPSA) is 32.3 Å². The molecule has 0 bridgehead atoms. The van der Waals surface area contributed by atoms with E-state index in [1.54, 1.807) is 0 Å². The summed E-state index contributed by atoms with van der Waals surface area (Å²) in [5, 5.41) is 3.41. The lowest BCUT2D eigenvalue weighted by molar-refractivity contribution is -0.116. The van der Waals surface area contributed by atoms with Gasteiger partial charge in [0.15, 0.2) is 5.78 Å². The van der Waals surface area contributed by atoms with Gasteiger partial charge in [0.1, 0.15) is 0 Å². The van der Waals surface area contributed by atoms with Crippen molar-refractivity contribution in [2.75, 3.05) is 13.2 Å². The molecule has 1 heterocycles. The van der Waals surface area contributed by atoms with E-state index in [1.807, 2.05) is 6.07 Å². The molecule has 102 valence electrons. The van der Waals surface area contributed by atoms with Gasteiger partial charge in [0, 0.05) is 30.8 Å². The molecule has 0 atom stereocenters. The molecular weight excluding hydrogens is 260 g/mol. The maximum atomic E-state index is 11.9. The number of Topliss-reactive ketones (excluding diaryl/α,β-unsaturated/α-hetero) is 1. The van der Waals surface area contributed by atoms with E-state index in [1.165, 1.54) is 11.3 Å². The van der Waals surface area contributed by atoms with Crippen molar-refractivity contribution >= 4 is 18.2 Å². The number of nitrogens with zero attached hydrogens (tertiary/aromatic N) is 1. The Morgan fingerprint density at radius 2 is 1.95 bits per heavy atom. The van der Waals surface area contributed by atoms with Crippen LogP contribution in [-0.2, 0) is 11.3 Å². The van der Waals surface area contributed by atoms with Crippen molar-refractivity contribution < 1.29 is 4.79 Å². The number of hydrogen-bond donors (Lipinski definition) is 1. The SMILES string of the molecule is Cl.O=C1CCCC2=C1CN(Cc1ccccc1)CN2. The number of benzene rings is 1. The number of carbonyl (C=O) groups is 1. The minimum atomic E-state index is 0. The molecule has 0 radical (unpaired) electrons. The van der Waals surface area contributed by atoms with E-state index in [2.05, 4.69) is 34.5 Å². The second-order valence-corrected chi connectivity index (χ2v) is 5.04. The Morgan fingerprint density at radius 3 is 2.74 bits per heavy atom. The van der Waals surface area contributed by atoms with E-state index < -0.39 is 0 Å². The van der Waals surface area contributed by atoms with Gasteiger partial charge in [-0.15, -0.1) is 12.4 Å². The third kappa shape index (κ3) is 3.17. The van der Waals surface area contributed by atoms with Crippen molar-refractivity contribution in [3.05, 3.63) is 47.2 Å². The van der Waals surface area contributed by atoms with Crippen LogP contribution in [0, 0.1) is 0 Å². The number of allylic oxidation sites excluding steroid dienone is 1. The van der Waals surface area contributed by atoms with Crippen LogP contribution >= 0.6 is 12.4 Å². The highest BCUT2D eigenvalue weighted by Gasteiger charge is 2.26. The maximum absolute atomic E-state index is 11.9. The van der Waals surface area contributed by atoms with Crippen LogP contribution in [0.1, 0.15) is 24.8 Å². The van der Waals surface area contributed by atoms with Crippen molar-refractivity contribution in [2.45, 2.75) is 25.8 Å². The van der Waals surface area contributed by atoms with E-state index in [-0.39, 0.29) is 12.4 Å². The number of halogens is 1. The van der Waals surface area contributed by atoms with Crippen LogP contribution in [0.25, 0.3) is 0 Å². The Morgan fingerprint density at radius 1 is 1.16 bits per heavy atom. The van der Waals surface area contributed by atoms with Crippen LogP contribution in [0.4, 0.5) is 0 Å². The van der Waals surface area contributed by atoms with Crippen LogP contribution in [-0.4, -0.2) is 23.9 Å². The predicted octanol–water partition coefficient (Wildman–Crippen LogP) is 2.48. The molecule has 1 aliphatic carbocycles. The summed E-state index contributed by atoms with van der Waals surface area (Å²) in [4.78, 5) is 14.2. The number of nitrogens with one attached hydrogen (secondary N) is 1. The molecule has 19 heavy (non-hydrogen) atoms. The van der Waals surface area contributed by atoms with Gasteiger partial charge in [0.2, 0.25) is 0 Å². The summed E-state index contributed by atoms with van der Waals surface area (Å²) in [6.07, 6.45) is 2.77. The fourth-order valence-corrected chi connectivity index (χ4v) is 2.71. The standard InChI is InChI=1S/C15H18N2O.ClH/c18-15-8-4-7-14-13(15)10-17(11-16-14)9-12-5-2-1-3-6-12;/h1-3,5-6,16H,4,7-11H2;1H. The molecule has 0 fully saturated rings. The highest BCUT2D eigenvalue weighted by Crippen LogP contribution is 2.24. The van der Waals surface area contributed by atoms with Crippen LogP contribution in [0.5, 0.6) is 0 Å². The molecule has 1 N–H and O–H groups in total. The molecule has 3 nitrogen and oxygen atoms in total. The molecular formula is C15H19ClN2O. The molecule has 0 aromatic heterocycles. The number of ketones is 1. The first-order valence-corrected chi connectivity index (χ1v) is 6.58. The van der Waals surface area contributed by atoms with Crippen molar-refractivity contribution in [1.29, 1.82) is 0 Å². The predicted molar refractivity (Wildman–Crippen MR) is 78.0 cm³/mol. The minimum Gasteiger partial charge on any atom is -0.375 e. The van der Waals surface area contributed by atoms with Gasteiger partial charge in [-0.25, -0.2) is 0 Å². The average molecular weight is 279 g/mol. The normalized spacial score (nSPS) is 19.5. The summed E-state index contributed by atoms with van der Waals surface area (Å²) in [5.41, 5.74) is 3.51. The Labute approximate surface area is 120 Å². The molecule has 0 saturated heterocycles. The average Bonchev–Trinajstić information content (AvgIpc) is 2.41. The summed E-state index contributed by atoms with van der Waals surface area (Å²) < 4.78 is 0. The van der Waals surface area contributed by atoms with Gasteiger partial charge in [-0.2, -0.15) is 0 Å². The molecule has 0 spiro atoms. The highest BCUT2D eigenvalue weighted by atomic mass is 35.5. The van der Waals surface area contributed by atoms with Gasteiger partial charge < -0.3 is 5.32 Å². The van der Waals surface area contributed by atoms with Crippen LogP contribution in [0.2, 0.25) is 0 Å². The fourth-order valence-electron chi connectivity index (χ4n) is 2.71. The molecule has 0 saturated carbocycles. The Hall–Kier alpha value is -1.32. The van der Waals surface area contributed by atoms with Gasteiger partial charge in [-0.1, -0.05) is 30.3 Å². The van der Waals surface area contributed by atoms with Gasteiger partial charge in [0.25, 0.3) is 0 Å². The molecule has 1 aromatic rings. The van der Waals surface area contributed by atoms with E-state index in [4.69, 9.17) is 0 Å². The maximum Gasteiger partial charge on any atom is 0.161 e. The van der Waals surface area contributed by atoms with Crippen molar-refractivity contribution in [1.82, 2.24) is 10.2 Å². The molecule has 1 aliphatic heterocycles. The van der Waals surface area contributed by atoms with Gasteiger partial charge in [0.05, 0.1) is 6.67 Å². The first-order chi connectivity index (χ1) is 8.83. The summed E-state index contributed by atoms with van der Waals surface area (Å²) in [7, 11) is 0. The molecule has 0 unspecified atom stereocenters. The molecule has 0 amide bonds. The summed E-state index contributed by atoms with van der Waals surface area (Å²) in [5.74, 6) is 0.335. The quantitative estimate of drug-likeness (QED) is 0.902. The monoisotopic (exact) mass is 278 g/mol. The van der Waals surface area contributed by atoms with E-state index in [0.717, 1.165) is 44.6 Å². The lowest BCUT2D eigenvalue weighted by Crippen LogP contribution is -2.43. The Bertz CT molecular complexity index is 484. The molecule has 2 aliphatic rings. The van der Waals surface area contributed by atoms with Crippen molar-refractivity contribution in [2.24, 2.45) is 0 Å². The first-order valence-electron chi connectivity index (χ1n) is 6.58. The lowest BCUT2D eigenvalue weighted by atomic mass is 9.93. The first kappa shape index (κ1) is 14.1. The lowest BCUT2D eigenvalue weighted by Gasteiger charge is -2.33. The zero-order chi connectivity index (χ0) is 12.4. The highest BCUT2D eigenvalue weighted by molar-refractivity contribution is 5.97. The zero-order valence-electron chi connectivity index (χ0n) is 10.9. The summed E-state index contributed by atoms with van der Waals surface area (Å²) >= 11 is 0. The fraction of sp³-hybridized carbons (Fsp3) is 0.400. The van der Waals surface area contributed by atoms with Gasteiger partial charge >= 0.3 is 0 Å². The van der Waals surface area contributed by atoms with Crippen LogP contribution in [0.15, 0.2) is 41.6 Å². The zero-order valence-corrected chi connectivity index (χ0v) is 11.7. The van der Waals surface area contributed by atoms with E-state index in [9.17, 15) is 4.79 Å². The third-order valence-electron chi connectivity index (χ3n) is 3.68. The summed E-state index contributed by atoms with van der Waals surface area (Å²) in [6, 6.07) is 10.4. The second-order valence-electron chi connectivity index (χ2n) is 5.04. The van der Waals surface area contributed by atoms with Crippen molar-refractivity contribution in [3.63, 3.8) is 0 Å². The molecule has 3 rings (SSSR count). The largest absolute Gasteiger partial charge is 0.375 e. The number of carbonyl (C=O) groups excluding carboxylic acids is 1. The van der Waals surface area contributed by atoms with Crippen molar-refractivity contribution in [3.8, 4) is 0 Å². The van der Waals surface area contributed by atoms with Crippen LogP contribution < -0.4 is 5.32 Å². The van der Waals surface area contributed by atoms with Gasteiger partial charge in [-0.05, 0) is 18.4 Å². The molecule has 4 heteroatoms. The third-order valence-corrected chi connectivity index (χ3v) is 3.68. The van der Waals surface area contributed by atoms with E-state index >= 15 is 0 Å². The summed E-state index contributed by atoms with van der Waals surface area (Å²) in [6.45, 7) is 2.55. The second kappa shape index (κ2) is 6.22. The molecule has 1 aromatic carbocycles. The van der Waals surface area contributed by atoms with Crippen LogP contribution in [0.3, 0.4) is 0 Å². The number of hydrogen-bond acceptors (Lipinski definition) is 3. The number of rotatable bonds is 2. The van der Waals surface area contributed by atoms with Gasteiger partial charge in [-0.3, -0.25) is 9.69 Å². The smallest absolute Gasteiger partial charge is 0.161 e. The Balaban J connectivity index is 0.00000133.